The van der Waals surface area contributed by atoms with Crippen molar-refractivity contribution >= 4 is 39.9 Å². The van der Waals surface area contributed by atoms with E-state index < -0.39 is 6.09 Å². The largest absolute Gasteiger partial charge is 0.456 e. The second-order valence-electron chi connectivity index (χ2n) is 5.60. The number of nitrogens with one attached hydrogen (secondary N) is 1. The quantitative estimate of drug-likeness (QED) is 0.310. The van der Waals surface area contributed by atoms with Crippen molar-refractivity contribution in [2.45, 2.75) is 0 Å². The minimum absolute atomic E-state index is 0.344. The van der Waals surface area contributed by atoms with Crippen LogP contribution in [0.2, 0.25) is 0 Å². The normalized spacial score (nSPS) is 11.3. The van der Waals surface area contributed by atoms with Crippen LogP contribution in [0.1, 0.15) is 5.56 Å². The number of para-hydroxylation sites is 1. The number of hydrogen-bond donors (Lipinski definition) is 1. The Bertz CT molecular complexity index is 1120. The van der Waals surface area contributed by atoms with Crippen molar-refractivity contribution in [2.75, 3.05) is 5.32 Å². The average Bonchev–Trinajstić information content (AvgIpc) is 3.01. The number of carbonyl (C=O) groups excluding carboxylic acids is 1. The molecule has 1 heterocycles. The second-order valence-corrected chi connectivity index (χ2v) is 5.60. The lowest BCUT2D eigenvalue weighted by Gasteiger charge is -2.02. The molecule has 0 unspecified atom stereocenters. The molecule has 0 atom stereocenters. The zero-order valence-corrected chi connectivity index (χ0v) is 13.5. The minimum Gasteiger partial charge on any atom is -0.456 e. The van der Waals surface area contributed by atoms with Crippen LogP contribution in [0.3, 0.4) is 0 Å². The third-order valence-electron chi connectivity index (χ3n) is 3.83. The maximum absolute atomic E-state index is 12.8. The summed E-state index contributed by atoms with van der Waals surface area (Å²) in [5.41, 5.74) is 2.70. The van der Waals surface area contributed by atoms with Crippen LogP contribution in [0.5, 0.6) is 0 Å². The maximum Gasteiger partial charge on any atom is 0.437 e. The van der Waals surface area contributed by atoms with Crippen LogP contribution in [0, 0.1) is 5.82 Å². The van der Waals surface area contributed by atoms with Crippen LogP contribution in [0.25, 0.3) is 21.9 Å². The van der Waals surface area contributed by atoms with E-state index >= 15 is 0 Å². The Balaban J connectivity index is 1.47. The predicted molar refractivity (Wildman–Crippen MR) is 97.8 cm³/mol. The van der Waals surface area contributed by atoms with Gasteiger partial charge in [-0.25, -0.2) is 9.18 Å². The van der Waals surface area contributed by atoms with Crippen molar-refractivity contribution in [1.82, 2.24) is 0 Å². The first kappa shape index (κ1) is 15.8. The molecule has 0 radical (unpaired) electrons. The summed E-state index contributed by atoms with van der Waals surface area (Å²) >= 11 is 0. The zero-order valence-electron chi connectivity index (χ0n) is 13.5. The average molecular weight is 348 g/mol. The number of anilines is 1. The molecule has 4 aromatic rings. The van der Waals surface area contributed by atoms with E-state index in [1.807, 2.05) is 30.3 Å². The monoisotopic (exact) mass is 348 g/mol. The number of benzene rings is 3. The third kappa shape index (κ3) is 3.25. The summed E-state index contributed by atoms with van der Waals surface area (Å²) in [4.78, 5) is 16.6. The van der Waals surface area contributed by atoms with Crippen molar-refractivity contribution < 1.29 is 18.4 Å². The topological polar surface area (TPSA) is 63.8 Å². The van der Waals surface area contributed by atoms with Gasteiger partial charge < -0.3 is 4.42 Å². The van der Waals surface area contributed by atoms with Gasteiger partial charge >= 0.3 is 6.09 Å². The molecule has 0 spiro atoms. The number of amides is 1. The number of halogens is 1. The van der Waals surface area contributed by atoms with E-state index in [-0.39, 0.29) is 5.82 Å². The summed E-state index contributed by atoms with van der Waals surface area (Å²) in [7, 11) is 0. The molecule has 0 saturated carbocycles. The molecule has 0 aliphatic heterocycles. The van der Waals surface area contributed by atoms with Gasteiger partial charge in [0.1, 0.15) is 17.0 Å². The van der Waals surface area contributed by atoms with Crippen molar-refractivity contribution in [1.29, 1.82) is 0 Å². The molecule has 4 rings (SSSR count). The van der Waals surface area contributed by atoms with Gasteiger partial charge in [-0.1, -0.05) is 35.5 Å². The molecule has 1 N–H and O–H groups in total. The molecule has 5 nitrogen and oxygen atoms in total. The molecule has 26 heavy (non-hydrogen) atoms. The Morgan fingerprint density at radius 1 is 1.00 bits per heavy atom. The fourth-order valence-corrected chi connectivity index (χ4v) is 2.63. The minimum atomic E-state index is -0.726. The van der Waals surface area contributed by atoms with Gasteiger partial charge in [0.25, 0.3) is 0 Å². The lowest BCUT2D eigenvalue weighted by atomic mass is 10.1. The third-order valence-corrected chi connectivity index (χ3v) is 3.83. The Morgan fingerprint density at radius 3 is 2.62 bits per heavy atom. The maximum atomic E-state index is 12.8. The summed E-state index contributed by atoms with van der Waals surface area (Å²) in [5.74, 6) is -0.344. The van der Waals surface area contributed by atoms with Crippen LogP contribution >= 0.6 is 0 Å². The molecule has 3 aromatic carbocycles. The van der Waals surface area contributed by atoms with Gasteiger partial charge in [0, 0.05) is 16.5 Å². The standard InChI is InChI=1S/C20H13FN2O3/c21-14-7-5-13(6-8-14)12-22-26-20(24)23-15-9-10-19-17(11-15)16-3-1-2-4-18(16)25-19/h1-12H,(H,23,24). The van der Waals surface area contributed by atoms with Gasteiger partial charge in [0.05, 0.1) is 6.21 Å². The molecule has 0 fully saturated rings. The Labute approximate surface area is 147 Å². The highest BCUT2D eigenvalue weighted by Crippen LogP contribution is 2.30. The zero-order chi connectivity index (χ0) is 17.9. The van der Waals surface area contributed by atoms with E-state index in [0.717, 1.165) is 21.9 Å². The highest BCUT2D eigenvalue weighted by Gasteiger charge is 2.09. The first-order valence-electron chi connectivity index (χ1n) is 7.87. The summed E-state index contributed by atoms with van der Waals surface area (Å²) < 4.78 is 18.6. The number of fused-ring (bicyclic) bond motifs is 3. The first-order valence-corrected chi connectivity index (χ1v) is 7.87. The van der Waals surface area contributed by atoms with Gasteiger partial charge in [0.2, 0.25) is 0 Å². The fraction of sp³-hybridized carbons (Fsp3) is 0. The van der Waals surface area contributed by atoms with Crippen molar-refractivity contribution in [2.24, 2.45) is 5.16 Å². The lowest BCUT2D eigenvalue weighted by Crippen LogP contribution is -2.10. The van der Waals surface area contributed by atoms with Crippen molar-refractivity contribution in [3.05, 3.63) is 78.1 Å². The molecule has 1 aromatic heterocycles. The first-order chi connectivity index (χ1) is 12.7. The van der Waals surface area contributed by atoms with E-state index in [9.17, 15) is 9.18 Å². The summed E-state index contributed by atoms with van der Waals surface area (Å²) in [6, 6.07) is 18.6. The van der Waals surface area contributed by atoms with Crippen molar-refractivity contribution in [3.8, 4) is 0 Å². The van der Waals surface area contributed by atoms with Gasteiger partial charge in [-0.3, -0.25) is 10.2 Å². The Hall–Kier alpha value is -3.67. The SMILES string of the molecule is O=C(Nc1ccc2oc3ccccc3c2c1)ON=Cc1ccc(F)cc1. The molecular weight excluding hydrogens is 335 g/mol. The molecule has 0 saturated heterocycles. The van der Waals surface area contributed by atoms with Crippen LogP contribution in [-0.4, -0.2) is 12.3 Å². The van der Waals surface area contributed by atoms with Crippen LogP contribution in [0.15, 0.2) is 76.3 Å². The highest BCUT2D eigenvalue weighted by molar-refractivity contribution is 6.06. The van der Waals surface area contributed by atoms with Crippen LogP contribution in [-0.2, 0) is 4.84 Å². The number of carbonyl (C=O) groups is 1. The second kappa shape index (κ2) is 6.68. The van der Waals surface area contributed by atoms with E-state index in [1.165, 1.54) is 30.5 Å². The van der Waals surface area contributed by atoms with Gasteiger partial charge in [-0.05, 0) is 42.0 Å². The Morgan fingerprint density at radius 2 is 1.77 bits per heavy atom. The van der Waals surface area contributed by atoms with E-state index in [0.29, 0.717) is 11.3 Å². The predicted octanol–water partition coefficient (Wildman–Crippen LogP) is 5.31. The van der Waals surface area contributed by atoms with Crippen LogP contribution in [0.4, 0.5) is 14.9 Å². The summed E-state index contributed by atoms with van der Waals surface area (Å²) in [6.07, 6.45) is 0.599. The van der Waals surface area contributed by atoms with E-state index in [2.05, 4.69) is 10.5 Å². The molecule has 0 aliphatic rings. The summed E-state index contributed by atoms with van der Waals surface area (Å²) in [6.45, 7) is 0. The van der Waals surface area contributed by atoms with Gasteiger partial charge in [-0.2, -0.15) is 0 Å². The smallest absolute Gasteiger partial charge is 0.437 e. The number of oxime groups is 1. The van der Waals surface area contributed by atoms with Crippen molar-refractivity contribution in [3.63, 3.8) is 0 Å². The number of furan rings is 1. The molecule has 128 valence electrons. The highest BCUT2D eigenvalue weighted by atomic mass is 19.1. The Kier molecular flexibility index (Phi) is 4.07. The van der Waals surface area contributed by atoms with Crippen LogP contribution < -0.4 is 5.32 Å². The van der Waals surface area contributed by atoms with Gasteiger partial charge in [0.15, 0.2) is 0 Å². The fourth-order valence-electron chi connectivity index (χ4n) is 2.63. The molecule has 0 aliphatic carbocycles. The molecule has 6 heteroatoms. The molecule has 0 bridgehead atoms. The number of nitrogens with zero attached hydrogens (tertiary/aromatic N) is 1. The molecular formula is C20H13FN2O3. The van der Waals surface area contributed by atoms with E-state index in [1.54, 1.807) is 12.1 Å². The molecule has 1 amide bonds. The van der Waals surface area contributed by atoms with E-state index in [4.69, 9.17) is 9.25 Å². The number of rotatable bonds is 3. The number of hydrogen-bond acceptors (Lipinski definition) is 4. The summed E-state index contributed by atoms with van der Waals surface area (Å²) in [5, 5.41) is 8.06. The lowest BCUT2D eigenvalue weighted by molar-refractivity contribution is 0.167. The van der Waals surface area contributed by atoms with Gasteiger partial charge in [-0.15, -0.1) is 0 Å².